The third-order valence-corrected chi connectivity index (χ3v) is 2.06. The zero-order valence-electron chi connectivity index (χ0n) is 10.0. The maximum absolute atomic E-state index is 11.5. The molecule has 0 aliphatic heterocycles. The fourth-order valence-electron chi connectivity index (χ4n) is 1.17. The molecule has 17 heavy (non-hydrogen) atoms. The maximum atomic E-state index is 11.5. The lowest BCUT2D eigenvalue weighted by atomic mass is 10.2. The summed E-state index contributed by atoms with van der Waals surface area (Å²) in [5.74, 6) is -0.0568. The second kappa shape index (κ2) is 10.3. The fraction of sp³-hybridized carbons (Fsp3) is 0.455. The molecule has 98 valence electrons. The Labute approximate surface area is 114 Å². The summed E-state index contributed by atoms with van der Waals surface area (Å²) < 4.78 is 0. The van der Waals surface area contributed by atoms with Crippen LogP contribution >= 0.6 is 24.8 Å². The van der Waals surface area contributed by atoms with E-state index < -0.39 is 0 Å². The second-order valence-electron chi connectivity index (χ2n) is 3.40. The number of carbonyl (C=O) groups excluding carboxylic acids is 1. The quantitative estimate of drug-likeness (QED) is 0.805. The van der Waals surface area contributed by atoms with Crippen molar-refractivity contribution in [2.24, 2.45) is 0 Å². The lowest BCUT2D eigenvalue weighted by Crippen LogP contribution is -2.26. The molecule has 1 aromatic heterocycles. The molecule has 0 radical (unpaired) electrons. The van der Waals surface area contributed by atoms with Crippen LogP contribution in [0.15, 0.2) is 18.3 Å². The molecule has 0 aliphatic carbocycles. The van der Waals surface area contributed by atoms with E-state index in [0.29, 0.717) is 12.1 Å². The number of amides is 1. The molecule has 0 bridgehead atoms. The van der Waals surface area contributed by atoms with Crippen LogP contribution in [0, 0.1) is 6.92 Å². The maximum Gasteiger partial charge on any atom is 0.252 e. The molecule has 1 heterocycles. The van der Waals surface area contributed by atoms with Gasteiger partial charge < -0.3 is 10.6 Å². The van der Waals surface area contributed by atoms with Crippen LogP contribution in [0.25, 0.3) is 0 Å². The van der Waals surface area contributed by atoms with Crippen LogP contribution in [0.1, 0.15) is 22.5 Å². The van der Waals surface area contributed by atoms with Crippen molar-refractivity contribution in [1.82, 2.24) is 15.6 Å². The smallest absolute Gasteiger partial charge is 0.252 e. The fourth-order valence-corrected chi connectivity index (χ4v) is 1.17. The Hall–Kier alpha value is -0.840. The minimum Gasteiger partial charge on any atom is -0.352 e. The summed E-state index contributed by atoms with van der Waals surface area (Å²) in [6.07, 6.45) is 2.53. The standard InChI is InChI=1S/C11H17N3O.2ClH/c1-9-4-5-10(8-14-9)11(15)13-7-3-6-12-2;;/h4-5,8,12H,3,6-7H2,1-2H3,(H,13,15);2*1H. The van der Waals surface area contributed by atoms with E-state index in [1.54, 1.807) is 12.3 Å². The number of carbonyl (C=O) groups is 1. The summed E-state index contributed by atoms with van der Waals surface area (Å²) in [6, 6.07) is 3.62. The highest BCUT2D eigenvalue weighted by Gasteiger charge is 2.03. The van der Waals surface area contributed by atoms with Gasteiger partial charge in [0.25, 0.3) is 5.91 Å². The average Bonchev–Trinajstić information content (AvgIpc) is 2.25. The molecule has 0 aromatic carbocycles. The van der Waals surface area contributed by atoms with E-state index in [-0.39, 0.29) is 30.7 Å². The highest BCUT2D eigenvalue weighted by Crippen LogP contribution is 1.98. The number of hydrogen-bond donors (Lipinski definition) is 2. The van der Waals surface area contributed by atoms with Crippen molar-refractivity contribution in [2.45, 2.75) is 13.3 Å². The number of nitrogens with zero attached hydrogens (tertiary/aromatic N) is 1. The van der Waals surface area contributed by atoms with Gasteiger partial charge in [-0.15, -0.1) is 24.8 Å². The van der Waals surface area contributed by atoms with E-state index in [4.69, 9.17) is 0 Å². The minimum absolute atomic E-state index is 0. The van der Waals surface area contributed by atoms with E-state index in [9.17, 15) is 4.79 Å². The predicted octanol–water partition coefficient (Wildman–Crippen LogP) is 1.57. The molecule has 0 aliphatic rings. The third-order valence-electron chi connectivity index (χ3n) is 2.06. The first-order valence-electron chi connectivity index (χ1n) is 5.09. The van der Waals surface area contributed by atoms with Crippen molar-refractivity contribution >= 4 is 30.7 Å². The first kappa shape index (κ1) is 18.5. The molecular formula is C11H19Cl2N3O. The second-order valence-corrected chi connectivity index (χ2v) is 3.40. The van der Waals surface area contributed by atoms with Gasteiger partial charge in [0.15, 0.2) is 0 Å². The molecule has 0 saturated carbocycles. The van der Waals surface area contributed by atoms with Gasteiger partial charge in [-0.2, -0.15) is 0 Å². The lowest BCUT2D eigenvalue weighted by Gasteiger charge is -2.04. The zero-order chi connectivity index (χ0) is 11.1. The number of aryl methyl sites for hydroxylation is 1. The molecule has 6 heteroatoms. The molecule has 1 rings (SSSR count). The van der Waals surface area contributed by atoms with Crippen molar-refractivity contribution in [1.29, 1.82) is 0 Å². The van der Waals surface area contributed by atoms with Crippen molar-refractivity contribution in [3.8, 4) is 0 Å². The molecule has 0 fully saturated rings. The molecule has 0 spiro atoms. The summed E-state index contributed by atoms with van der Waals surface area (Å²) in [4.78, 5) is 15.6. The molecule has 1 amide bonds. The Morgan fingerprint density at radius 2 is 2.00 bits per heavy atom. The predicted molar refractivity (Wildman–Crippen MR) is 74.3 cm³/mol. The van der Waals surface area contributed by atoms with Crippen molar-refractivity contribution in [3.63, 3.8) is 0 Å². The Bertz CT molecular complexity index is 317. The van der Waals surface area contributed by atoms with Crippen LogP contribution in [0.5, 0.6) is 0 Å². The molecule has 2 N–H and O–H groups in total. The van der Waals surface area contributed by atoms with Crippen LogP contribution in [0.4, 0.5) is 0 Å². The number of hydrogen-bond acceptors (Lipinski definition) is 3. The van der Waals surface area contributed by atoms with Crippen LogP contribution < -0.4 is 10.6 Å². The molecule has 0 saturated heterocycles. The van der Waals surface area contributed by atoms with Gasteiger partial charge in [-0.1, -0.05) is 0 Å². The van der Waals surface area contributed by atoms with Crippen LogP contribution in [0.3, 0.4) is 0 Å². The van der Waals surface area contributed by atoms with Gasteiger partial charge in [0, 0.05) is 18.4 Å². The Balaban J connectivity index is 0. The average molecular weight is 280 g/mol. The van der Waals surface area contributed by atoms with E-state index in [1.807, 2.05) is 20.0 Å². The molecular weight excluding hydrogens is 261 g/mol. The van der Waals surface area contributed by atoms with Gasteiger partial charge >= 0.3 is 0 Å². The summed E-state index contributed by atoms with van der Waals surface area (Å²) >= 11 is 0. The summed E-state index contributed by atoms with van der Waals surface area (Å²) in [6.45, 7) is 3.49. The summed E-state index contributed by atoms with van der Waals surface area (Å²) in [5.41, 5.74) is 1.53. The van der Waals surface area contributed by atoms with Crippen LogP contribution in [0.2, 0.25) is 0 Å². The monoisotopic (exact) mass is 279 g/mol. The third kappa shape index (κ3) is 7.15. The van der Waals surface area contributed by atoms with E-state index in [2.05, 4.69) is 15.6 Å². The summed E-state index contributed by atoms with van der Waals surface area (Å²) in [5, 5.41) is 5.86. The van der Waals surface area contributed by atoms with Gasteiger partial charge in [-0.3, -0.25) is 9.78 Å². The van der Waals surface area contributed by atoms with Crippen molar-refractivity contribution < 1.29 is 4.79 Å². The minimum atomic E-state index is -0.0568. The van der Waals surface area contributed by atoms with Gasteiger partial charge in [0.2, 0.25) is 0 Å². The number of aromatic nitrogens is 1. The Morgan fingerprint density at radius 3 is 2.53 bits per heavy atom. The van der Waals surface area contributed by atoms with Crippen LogP contribution in [-0.4, -0.2) is 31.0 Å². The number of pyridine rings is 1. The molecule has 1 aromatic rings. The van der Waals surface area contributed by atoms with E-state index in [0.717, 1.165) is 18.7 Å². The van der Waals surface area contributed by atoms with E-state index >= 15 is 0 Å². The Kier molecular flexibility index (Phi) is 11.2. The highest BCUT2D eigenvalue weighted by molar-refractivity contribution is 5.93. The lowest BCUT2D eigenvalue weighted by molar-refractivity contribution is 0.0953. The van der Waals surface area contributed by atoms with Gasteiger partial charge in [0.1, 0.15) is 0 Å². The zero-order valence-corrected chi connectivity index (χ0v) is 11.7. The number of rotatable bonds is 5. The largest absolute Gasteiger partial charge is 0.352 e. The van der Waals surface area contributed by atoms with Crippen molar-refractivity contribution in [3.05, 3.63) is 29.6 Å². The Morgan fingerprint density at radius 1 is 1.29 bits per heavy atom. The number of nitrogens with one attached hydrogen (secondary N) is 2. The summed E-state index contributed by atoms with van der Waals surface area (Å²) in [7, 11) is 1.89. The van der Waals surface area contributed by atoms with Gasteiger partial charge in [0.05, 0.1) is 5.56 Å². The SMILES string of the molecule is CNCCCNC(=O)c1ccc(C)nc1.Cl.Cl. The van der Waals surface area contributed by atoms with Crippen molar-refractivity contribution in [2.75, 3.05) is 20.1 Å². The molecule has 4 nitrogen and oxygen atoms in total. The molecule has 0 unspecified atom stereocenters. The highest BCUT2D eigenvalue weighted by atomic mass is 35.5. The van der Waals surface area contributed by atoms with E-state index in [1.165, 1.54) is 0 Å². The molecule has 0 atom stereocenters. The normalized spacial score (nSPS) is 8.82. The van der Waals surface area contributed by atoms with Crippen LogP contribution in [-0.2, 0) is 0 Å². The van der Waals surface area contributed by atoms with Gasteiger partial charge in [-0.25, -0.2) is 0 Å². The topological polar surface area (TPSA) is 54.0 Å². The van der Waals surface area contributed by atoms with Gasteiger partial charge in [-0.05, 0) is 39.1 Å². The first-order chi connectivity index (χ1) is 7.24. The first-order valence-corrected chi connectivity index (χ1v) is 5.09. The number of halogens is 2.